The van der Waals surface area contributed by atoms with E-state index in [0.29, 0.717) is 11.5 Å². The molecule has 0 unspecified atom stereocenters. The van der Waals surface area contributed by atoms with Gasteiger partial charge in [0.15, 0.2) is 0 Å². The van der Waals surface area contributed by atoms with Crippen LogP contribution >= 0.6 is 11.6 Å². The summed E-state index contributed by atoms with van der Waals surface area (Å²) in [6.07, 6.45) is 1.23. The molecule has 1 heterocycles. The molecule has 0 aliphatic carbocycles. The zero-order chi connectivity index (χ0) is 14.0. The zero-order valence-electron chi connectivity index (χ0n) is 9.97. The molecule has 0 saturated heterocycles. The van der Waals surface area contributed by atoms with Crippen molar-refractivity contribution in [3.05, 3.63) is 52.9 Å². The minimum atomic E-state index is -1.16. The lowest BCUT2D eigenvalue weighted by molar-refractivity contribution is 0.0697. The largest absolute Gasteiger partial charge is 0.478 e. The van der Waals surface area contributed by atoms with E-state index in [-0.39, 0.29) is 10.6 Å². The number of rotatable bonds is 3. The third-order valence-corrected chi connectivity index (χ3v) is 2.93. The topological polar surface area (TPSA) is 53.4 Å². The summed E-state index contributed by atoms with van der Waals surface area (Å²) in [5.41, 5.74) is 0.225. The molecule has 19 heavy (non-hydrogen) atoms. The Balaban J connectivity index is 2.45. The summed E-state index contributed by atoms with van der Waals surface area (Å²) in [5.74, 6) is -1.28. The second kappa shape index (κ2) is 5.24. The summed E-state index contributed by atoms with van der Waals surface area (Å²) in [7, 11) is 1.60. The molecule has 6 heteroatoms. The minimum absolute atomic E-state index is 0.0400. The van der Waals surface area contributed by atoms with Crippen LogP contribution in [0.2, 0.25) is 5.02 Å². The number of anilines is 2. The Morgan fingerprint density at radius 2 is 2.11 bits per heavy atom. The third-order valence-electron chi connectivity index (χ3n) is 2.63. The number of benzene rings is 1. The maximum Gasteiger partial charge on any atom is 0.337 e. The van der Waals surface area contributed by atoms with Crippen LogP contribution in [0.4, 0.5) is 15.9 Å². The number of para-hydroxylation sites is 1. The predicted molar refractivity (Wildman–Crippen MR) is 70.7 cm³/mol. The van der Waals surface area contributed by atoms with E-state index in [0.717, 1.165) is 0 Å². The molecule has 0 atom stereocenters. The molecule has 1 aromatic carbocycles. The van der Waals surface area contributed by atoms with Gasteiger partial charge in [0.2, 0.25) is 0 Å². The van der Waals surface area contributed by atoms with E-state index in [1.807, 2.05) is 0 Å². The number of halogens is 2. The van der Waals surface area contributed by atoms with Crippen molar-refractivity contribution in [1.82, 2.24) is 4.98 Å². The second-order valence-electron chi connectivity index (χ2n) is 3.84. The number of carbonyl (C=O) groups is 1. The van der Waals surface area contributed by atoms with Gasteiger partial charge in [-0.1, -0.05) is 23.7 Å². The van der Waals surface area contributed by atoms with Gasteiger partial charge in [-0.05, 0) is 18.2 Å². The number of aromatic carboxylic acids is 1. The highest BCUT2D eigenvalue weighted by Gasteiger charge is 2.15. The van der Waals surface area contributed by atoms with Crippen molar-refractivity contribution in [3.63, 3.8) is 0 Å². The smallest absolute Gasteiger partial charge is 0.337 e. The van der Waals surface area contributed by atoms with Crippen molar-refractivity contribution in [2.24, 2.45) is 0 Å². The molecule has 0 radical (unpaired) electrons. The minimum Gasteiger partial charge on any atom is -0.478 e. The quantitative estimate of drug-likeness (QED) is 0.937. The number of pyridine rings is 1. The number of hydrogen-bond acceptors (Lipinski definition) is 3. The average Bonchev–Trinajstić information content (AvgIpc) is 2.38. The number of nitrogens with zero attached hydrogens (tertiary/aromatic N) is 2. The number of carboxylic acids is 1. The predicted octanol–water partition coefficient (Wildman–Crippen LogP) is 3.34. The van der Waals surface area contributed by atoms with Gasteiger partial charge in [-0.25, -0.2) is 14.2 Å². The molecule has 1 aromatic heterocycles. The summed E-state index contributed by atoms with van der Waals surface area (Å²) >= 11 is 5.74. The lowest BCUT2D eigenvalue weighted by atomic mass is 10.2. The molecule has 0 fully saturated rings. The molecule has 0 saturated carbocycles. The maximum atomic E-state index is 13.7. The summed E-state index contributed by atoms with van der Waals surface area (Å²) in [6.45, 7) is 0. The van der Waals surface area contributed by atoms with Crippen LogP contribution in [0.1, 0.15) is 10.4 Å². The Labute approximate surface area is 114 Å². The van der Waals surface area contributed by atoms with E-state index >= 15 is 0 Å². The van der Waals surface area contributed by atoms with Crippen LogP contribution in [0.15, 0.2) is 36.5 Å². The molecule has 0 bridgehead atoms. The SMILES string of the molecule is CN(c1cc(C(=O)O)c(Cl)cn1)c1ccccc1F. The van der Waals surface area contributed by atoms with Crippen LogP contribution in [0.3, 0.4) is 0 Å². The molecule has 2 rings (SSSR count). The Kier molecular flexibility index (Phi) is 3.66. The van der Waals surface area contributed by atoms with Gasteiger partial charge >= 0.3 is 5.97 Å². The Morgan fingerprint density at radius 3 is 2.74 bits per heavy atom. The normalized spacial score (nSPS) is 10.3. The van der Waals surface area contributed by atoms with Crippen LogP contribution in [0, 0.1) is 5.82 Å². The summed E-state index contributed by atoms with van der Waals surface area (Å²) in [5, 5.41) is 9.03. The van der Waals surface area contributed by atoms with Crippen molar-refractivity contribution in [2.75, 3.05) is 11.9 Å². The molecule has 0 spiro atoms. The van der Waals surface area contributed by atoms with Crippen LogP contribution < -0.4 is 4.90 Å². The summed E-state index contributed by atoms with van der Waals surface area (Å²) in [6, 6.07) is 7.45. The standard InChI is InChI=1S/C13H10ClFN2O2/c1-17(11-5-3-2-4-10(11)15)12-6-8(13(18)19)9(14)7-16-12/h2-7H,1H3,(H,18,19). The molecule has 0 aliphatic rings. The number of carboxylic acid groups (broad SMARTS) is 1. The number of aromatic nitrogens is 1. The van der Waals surface area contributed by atoms with Gasteiger partial charge in [0.25, 0.3) is 0 Å². The van der Waals surface area contributed by atoms with Gasteiger partial charge in [0, 0.05) is 13.2 Å². The van der Waals surface area contributed by atoms with E-state index in [1.54, 1.807) is 25.2 Å². The van der Waals surface area contributed by atoms with E-state index in [2.05, 4.69) is 4.98 Å². The fraction of sp³-hybridized carbons (Fsp3) is 0.0769. The molecule has 0 amide bonds. The summed E-state index contributed by atoms with van der Waals surface area (Å²) in [4.78, 5) is 16.5. The average molecular weight is 281 g/mol. The zero-order valence-corrected chi connectivity index (χ0v) is 10.7. The van der Waals surface area contributed by atoms with Crippen LogP contribution in [-0.4, -0.2) is 23.1 Å². The van der Waals surface area contributed by atoms with Crippen LogP contribution in [-0.2, 0) is 0 Å². The van der Waals surface area contributed by atoms with E-state index < -0.39 is 11.8 Å². The first kappa shape index (κ1) is 13.3. The fourth-order valence-corrected chi connectivity index (χ4v) is 1.81. The third kappa shape index (κ3) is 2.66. The Hall–Kier alpha value is -2.14. The number of hydrogen-bond donors (Lipinski definition) is 1. The fourth-order valence-electron chi connectivity index (χ4n) is 1.62. The van der Waals surface area contributed by atoms with Gasteiger partial charge in [-0.2, -0.15) is 0 Å². The Morgan fingerprint density at radius 1 is 1.42 bits per heavy atom. The van der Waals surface area contributed by atoms with E-state index in [1.165, 1.54) is 23.2 Å². The van der Waals surface area contributed by atoms with Crippen molar-refractivity contribution in [3.8, 4) is 0 Å². The van der Waals surface area contributed by atoms with Crippen LogP contribution in [0.5, 0.6) is 0 Å². The van der Waals surface area contributed by atoms with Gasteiger partial charge in [0.05, 0.1) is 16.3 Å². The molecular weight excluding hydrogens is 271 g/mol. The van der Waals surface area contributed by atoms with E-state index in [9.17, 15) is 9.18 Å². The van der Waals surface area contributed by atoms with E-state index in [4.69, 9.17) is 16.7 Å². The first-order chi connectivity index (χ1) is 9.00. The highest BCUT2D eigenvalue weighted by Crippen LogP contribution is 2.27. The highest BCUT2D eigenvalue weighted by molar-refractivity contribution is 6.33. The van der Waals surface area contributed by atoms with Crippen molar-refractivity contribution in [1.29, 1.82) is 0 Å². The second-order valence-corrected chi connectivity index (χ2v) is 4.25. The first-order valence-electron chi connectivity index (χ1n) is 5.38. The molecule has 4 nitrogen and oxygen atoms in total. The molecule has 2 aromatic rings. The maximum absolute atomic E-state index is 13.7. The molecule has 0 aliphatic heterocycles. The molecule has 1 N–H and O–H groups in total. The van der Waals surface area contributed by atoms with Gasteiger partial charge in [-0.3, -0.25) is 0 Å². The van der Waals surface area contributed by atoms with Gasteiger partial charge < -0.3 is 10.0 Å². The van der Waals surface area contributed by atoms with Crippen LogP contribution in [0.25, 0.3) is 0 Å². The Bertz CT molecular complexity index is 634. The summed E-state index contributed by atoms with van der Waals surface area (Å²) < 4.78 is 13.7. The van der Waals surface area contributed by atoms with Crippen molar-refractivity contribution in [2.45, 2.75) is 0 Å². The van der Waals surface area contributed by atoms with Crippen molar-refractivity contribution >= 4 is 29.1 Å². The lowest BCUT2D eigenvalue weighted by Gasteiger charge is -2.19. The van der Waals surface area contributed by atoms with Gasteiger partial charge in [0.1, 0.15) is 11.6 Å². The monoisotopic (exact) mass is 280 g/mol. The highest BCUT2D eigenvalue weighted by atomic mass is 35.5. The van der Waals surface area contributed by atoms with Crippen molar-refractivity contribution < 1.29 is 14.3 Å². The molecule has 98 valence electrons. The molecular formula is C13H10ClFN2O2. The van der Waals surface area contributed by atoms with Gasteiger partial charge in [-0.15, -0.1) is 0 Å². The lowest BCUT2D eigenvalue weighted by Crippen LogP contribution is -2.13. The first-order valence-corrected chi connectivity index (χ1v) is 5.75.